The van der Waals surface area contributed by atoms with E-state index in [2.05, 4.69) is 0 Å². The van der Waals surface area contributed by atoms with Crippen molar-refractivity contribution in [2.45, 2.75) is 31.2 Å². The molecule has 0 aliphatic heterocycles. The molecule has 0 bridgehead atoms. The second kappa shape index (κ2) is 7.24. The number of halogens is 1. The molecule has 1 aromatic carbocycles. The van der Waals surface area contributed by atoms with Gasteiger partial charge in [-0.05, 0) is 38.5 Å². The molecule has 0 spiro atoms. The Bertz CT molecular complexity index is 613. The van der Waals surface area contributed by atoms with E-state index in [-0.39, 0.29) is 34.0 Å². The molecule has 0 aliphatic carbocycles. The van der Waals surface area contributed by atoms with Crippen molar-refractivity contribution in [1.29, 1.82) is 0 Å². The fourth-order valence-electron chi connectivity index (χ4n) is 1.92. The molecule has 1 amide bonds. The van der Waals surface area contributed by atoms with Gasteiger partial charge in [-0.25, -0.2) is 8.42 Å². The first-order valence-corrected chi connectivity index (χ1v) is 8.87. The van der Waals surface area contributed by atoms with Crippen LogP contribution in [0.4, 0.5) is 0 Å². The largest absolute Gasteiger partial charge is 0.396 e. The lowest BCUT2D eigenvalue weighted by atomic mass is 10.1. The highest BCUT2D eigenvalue weighted by atomic mass is 35.5. The number of aliphatic hydroxyl groups excluding tert-OH is 1. The third kappa shape index (κ3) is 4.69. The van der Waals surface area contributed by atoms with Crippen LogP contribution in [0.5, 0.6) is 0 Å². The molecule has 0 aliphatic rings. The fourth-order valence-corrected chi connectivity index (χ4v) is 3.22. The Hall–Kier alpha value is -1.11. The molecular weight excluding hydrogens is 314 g/mol. The van der Waals surface area contributed by atoms with E-state index in [9.17, 15) is 13.2 Å². The van der Waals surface area contributed by atoms with Crippen molar-refractivity contribution >= 4 is 27.3 Å². The van der Waals surface area contributed by atoms with Gasteiger partial charge in [0.25, 0.3) is 5.91 Å². The summed E-state index contributed by atoms with van der Waals surface area (Å²) in [7, 11) is -3.50. The average molecular weight is 334 g/mol. The number of rotatable bonds is 6. The second-order valence-electron chi connectivity index (χ2n) is 5.09. The average Bonchev–Trinajstić information content (AvgIpc) is 2.37. The number of benzene rings is 1. The summed E-state index contributed by atoms with van der Waals surface area (Å²) in [4.78, 5) is 14.0. The smallest absolute Gasteiger partial charge is 0.254 e. The van der Waals surface area contributed by atoms with Crippen LogP contribution in [0.1, 0.15) is 30.6 Å². The SMILES string of the molecule is CC(C)N(CCCO)C(=O)c1ccc(Cl)c(S(C)(=O)=O)c1. The Kier molecular flexibility index (Phi) is 6.19. The van der Waals surface area contributed by atoms with Gasteiger partial charge in [-0.15, -0.1) is 0 Å². The topological polar surface area (TPSA) is 74.7 Å². The Morgan fingerprint density at radius 2 is 2.00 bits per heavy atom. The Balaban J connectivity index is 3.17. The highest BCUT2D eigenvalue weighted by molar-refractivity contribution is 7.90. The summed E-state index contributed by atoms with van der Waals surface area (Å²) in [5, 5.41) is 9.00. The van der Waals surface area contributed by atoms with Crippen LogP contribution in [-0.4, -0.2) is 49.8 Å². The lowest BCUT2D eigenvalue weighted by molar-refractivity contribution is 0.0693. The summed E-state index contributed by atoms with van der Waals surface area (Å²) >= 11 is 5.87. The van der Waals surface area contributed by atoms with Crippen LogP contribution in [0, 0.1) is 0 Å². The zero-order valence-corrected chi connectivity index (χ0v) is 13.9. The van der Waals surface area contributed by atoms with Gasteiger partial charge in [0, 0.05) is 31.0 Å². The third-order valence-electron chi connectivity index (χ3n) is 3.02. The number of hydrogen-bond acceptors (Lipinski definition) is 4. The molecule has 0 heterocycles. The number of nitrogens with zero attached hydrogens (tertiary/aromatic N) is 1. The van der Waals surface area contributed by atoms with Crippen molar-refractivity contribution < 1.29 is 18.3 Å². The summed E-state index contributed by atoms with van der Waals surface area (Å²) < 4.78 is 23.3. The van der Waals surface area contributed by atoms with E-state index >= 15 is 0 Å². The van der Waals surface area contributed by atoms with E-state index in [1.807, 2.05) is 13.8 Å². The Labute approximate surface area is 130 Å². The molecule has 0 atom stereocenters. The normalized spacial score (nSPS) is 11.7. The number of hydrogen-bond donors (Lipinski definition) is 1. The van der Waals surface area contributed by atoms with Crippen LogP contribution >= 0.6 is 11.6 Å². The number of carbonyl (C=O) groups excluding carboxylic acids is 1. The molecule has 0 saturated heterocycles. The molecule has 5 nitrogen and oxygen atoms in total. The fraction of sp³-hybridized carbons (Fsp3) is 0.500. The maximum Gasteiger partial charge on any atom is 0.254 e. The highest BCUT2D eigenvalue weighted by Crippen LogP contribution is 2.23. The quantitative estimate of drug-likeness (QED) is 0.863. The molecule has 0 aromatic heterocycles. The van der Waals surface area contributed by atoms with Crippen LogP contribution in [-0.2, 0) is 9.84 Å². The Morgan fingerprint density at radius 1 is 1.38 bits per heavy atom. The molecule has 1 aromatic rings. The molecule has 1 N–H and O–H groups in total. The third-order valence-corrected chi connectivity index (χ3v) is 4.60. The minimum absolute atomic E-state index is 0.00823. The number of carbonyl (C=O) groups is 1. The van der Waals surface area contributed by atoms with Crippen molar-refractivity contribution in [2.75, 3.05) is 19.4 Å². The van der Waals surface area contributed by atoms with Gasteiger partial charge in [-0.1, -0.05) is 11.6 Å². The minimum Gasteiger partial charge on any atom is -0.396 e. The zero-order chi connectivity index (χ0) is 16.2. The van der Waals surface area contributed by atoms with Crippen molar-refractivity contribution in [2.24, 2.45) is 0 Å². The molecule has 0 radical (unpaired) electrons. The maximum atomic E-state index is 12.5. The van der Waals surface area contributed by atoms with Crippen LogP contribution in [0.15, 0.2) is 23.1 Å². The van der Waals surface area contributed by atoms with Crippen molar-refractivity contribution in [3.63, 3.8) is 0 Å². The number of sulfone groups is 1. The molecule has 0 unspecified atom stereocenters. The molecule has 0 saturated carbocycles. The predicted molar refractivity (Wildman–Crippen MR) is 82.4 cm³/mol. The predicted octanol–water partition coefficient (Wildman–Crippen LogP) is 1.98. The van der Waals surface area contributed by atoms with Gasteiger partial charge >= 0.3 is 0 Å². The summed E-state index contributed by atoms with van der Waals surface area (Å²) in [6.45, 7) is 4.13. The highest BCUT2D eigenvalue weighted by Gasteiger charge is 2.21. The summed E-state index contributed by atoms with van der Waals surface area (Å²) in [5.41, 5.74) is 0.270. The minimum atomic E-state index is -3.50. The molecule has 118 valence electrons. The standard InChI is InChI=1S/C14H20ClNO4S/c1-10(2)16(7-4-8-17)14(18)11-5-6-12(15)13(9-11)21(3,19)20/h5-6,9-10,17H,4,7-8H2,1-3H3. The Morgan fingerprint density at radius 3 is 2.48 bits per heavy atom. The van der Waals surface area contributed by atoms with Crippen LogP contribution in [0.25, 0.3) is 0 Å². The molecular formula is C14H20ClNO4S. The van der Waals surface area contributed by atoms with Crippen molar-refractivity contribution in [3.8, 4) is 0 Å². The van der Waals surface area contributed by atoms with E-state index in [1.54, 1.807) is 4.90 Å². The van der Waals surface area contributed by atoms with Gasteiger partial charge in [-0.3, -0.25) is 4.79 Å². The second-order valence-corrected chi connectivity index (χ2v) is 7.48. The summed E-state index contributed by atoms with van der Waals surface area (Å²) in [5.74, 6) is -0.278. The van der Waals surface area contributed by atoms with E-state index < -0.39 is 9.84 Å². The lowest BCUT2D eigenvalue weighted by Crippen LogP contribution is -2.38. The van der Waals surface area contributed by atoms with Gasteiger partial charge < -0.3 is 10.0 Å². The maximum absolute atomic E-state index is 12.5. The van der Waals surface area contributed by atoms with Crippen LogP contribution < -0.4 is 0 Å². The summed E-state index contributed by atoms with van der Waals surface area (Å²) in [6.07, 6.45) is 1.52. The first kappa shape index (κ1) is 17.9. The van der Waals surface area contributed by atoms with E-state index in [1.165, 1.54) is 18.2 Å². The number of amides is 1. The van der Waals surface area contributed by atoms with Crippen LogP contribution in [0.2, 0.25) is 5.02 Å². The zero-order valence-electron chi connectivity index (χ0n) is 12.3. The van der Waals surface area contributed by atoms with Gasteiger partial charge in [0.1, 0.15) is 0 Å². The van der Waals surface area contributed by atoms with Gasteiger partial charge in [0.15, 0.2) is 9.84 Å². The van der Waals surface area contributed by atoms with E-state index in [0.717, 1.165) is 6.26 Å². The molecule has 0 fully saturated rings. The molecule has 1 rings (SSSR count). The molecule has 21 heavy (non-hydrogen) atoms. The van der Waals surface area contributed by atoms with Crippen LogP contribution in [0.3, 0.4) is 0 Å². The lowest BCUT2D eigenvalue weighted by Gasteiger charge is -2.26. The van der Waals surface area contributed by atoms with E-state index in [0.29, 0.717) is 13.0 Å². The number of aliphatic hydroxyl groups is 1. The van der Waals surface area contributed by atoms with Crippen molar-refractivity contribution in [3.05, 3.63) is 28.8 Å². The molecule has 7 heteroatoms. The first-order chi connectivity index (χ1) is 9.68. The van der Waals surface area contributed by atoms with E-state index in [4.69, 9.17) is 16.7 Å². The summed E-state index contributed by atoms with van der Waals surface area (Å²) in [6, 6.07) is 4.17. The van der Waals surface area contributed by atoms with Crippen molar-refractivity contribution in [1.82, 2.24) is 4.90 Å². The van der Waals surface area contributed by atoms with Gasteiger partial charge in [0.05, 0.1) is 9.92 Å². The monoisotopic (exact) mass is 333 g/mol. The van der Waals surface area contributed by atoms with Gasteiger partial charge in [0.2, 0.25) is 0 Å². The first-order valence-electron chi connectivity index (χ1n) is 6.60. The van der Waals surface area contributed by atoms with Gasteiger partial charge in [-0.2, -0.15) is 0 Å².